The average molecular weight is 324 g/mol. The average Bonchev–Trinajstić information content (AvgIpc) is 2.95. The first kappa shape index (κ1) is 14.3. The number of hydrogen-bond donors (Lipinski definition) is 0. The van der Waals surface area contributed by atoms with Gasteiger partial charge < -0.3 is 9.64 Å². The highest BCUT2D eigenvalue weighted by atomic mass is 35.5. The van der Waals surface area contributed by atoms with Crippen LogP contribution in [-0.2, 0) is 0 Å². The van der Waals surface area contributed by atoms with Crippen molar-refractivity contribution in [3.05, 3.63) is 39.9 Å². The molecule has 3 heterocycles. The predicted molar refractivity (Wildman–Crippen MR) is 80.9 cm³/mol. The van der Waals surface area contributed by atoms with Crippen LogP contribution in [0.4, 0.5) is 0 Å². The Balaban J connectivity index is 1.54. The van der Waals surface area contributed by atoms with Crippen LogP contribution in [0.5, 0.6) is 5.88 Å². The summed E-state index contributed by atoms with van der Waals surface area (Å²) >= 11 is 7.19. The number of rotatable bonds is 3. The number of halogens is 1. The number of hydrogen-bond acceptors (Lipinski definition) is 5. The summed E-state index contributed by atoms with van der Waals surface area (Å²) in [5.41, 5.74) is 0. The fraction of sp³-hybridized carbons (Fsp3) is 0.357. The van der Waals surface area contributed by atoms with Crippen molar-refractivity contribution in [3.8, 4) is 5.88 Å². The zero-order valence-corrected chi connectivity index (χ0v) is 12.8. The van der Waals surface area contributed by atoms with E-state index in [1.165, 1.54) is 11.3 Å². The number of thiophene rings is 1. The molecule has 7 heteroatoms. The summed E-state index contributed by atoms with van der Waals surface area (Å²) in [6, 6.07) is 3.53. The highest BCUT2D eigenvalue weighted by Gasteiger charge is 2.25. The minimum absolute atomic E-state index is 0.0462. The van der Waals surface area contributed by atoms with Gasteiger partial charge in [-0.1, -0.05) is 11.6 Å². The summed E-state index contributed by atoms with van der Waals surface area (Å²) in [6.45, 7) is 1.36. The van der Waals surface area contributed by atoms with Crippen molar-refractivity contribution in [2.24, 2.45) is 0 Å². The van der Waals surface area contributed by atoms with E-state index in [1.807, 2.05) is 4.90 Å². The number of carbonyl (C=O) groups is 1. The van der Waals surface area contributed by atoms with E-state index < -0.39 is 0 Å². The van der Waals surface area contributed by atoms with Gasteiger partial charge in [0.1, 0.15) is 6.10 Å². The van der Waals surface area contributed by atoms with E-state index in [4.69, 9.17) is 16.3 Å². The summed E-state index contributed by atoms with van der Waals surface area (Å²) in [5.74, 6) is 0.581. The van der Waals surface area contributed by atoms with E-state index in [9.17, 15) is 4.79 Å². The van der Waals surface area contributed by atoms with Gasteiger partial charge in [0.15, 0.2) is 0 Å². The van der Waals surface area contributed by atoms with Gasteiger partial charge in [0.2, 0.25) is 5.88 Å². The zero-order chi connectivity index (χ0) is 14.7. The van der Waals surface area contributed by atoms with Gasteiger partial charge in [0.25, 0.3) is 5.91 Å². The summed E-state index contributed by atoms with van der Waals surface area (Å²) in [7, 11) is 0. The van der Waals surface area contributed by atoms with Crippen LogP contribution < -0.4 is 4.74 Å². The van der Waals surface area contributed by atoms with E-state index in [0.717, 1.165) is 12.8 Å². The van der Waals surface area contributed by atoms with Crippen LogP contribution in [0.3, 0.4) is 0 Å². The number of nitrogens with zero attached hydrogens (tertiary/aromatic N) is 3. The van der Waals surface area contributed by atoms with Crippen LogP contribution in [0, 0.1) is 0 Å². The Hall–Kier alpha value is -1.66. The summed E-state index contributed by atoms with van der Waals surface area (Å²) in [4.78, 5) is 22.9. The molecule has 1 aliphatic rings. The molecule has 1 amide bonds. The van der Waals surface area contributed by atoms with Gasteiger partial charge in [0, 0.05) is 38.3 Å². The Morgan fingerprint density at radius 2 is 2.14 bits per heavy atom. The van der Waals surface area contributed by atoms with Crippen molar-refractivity contribution in [1.82, 2.24) is 14.9 Å². The Morgan fingerprint density at radius 1 is 1.33 bits per heavy atom. The molecular weight excluding hydrogens is 310 g/mol. The van der Waals surface area contributed by atoms with E-state index in [0.29, 0.717) is 28.2 Å². The van der Waals surface area contributed by atoms with E-state index in [1.54, 1.807) is 30.7 Å². The lowest BCUT2D eigenvalue weighted by Gasteiger charge is -2.31. The van der Waals surface area contributed by atoms with E-state index >= 15 is 0 Å². The molecule has 0 N–H and O–H groups in total. The van der Waals surface area contributed by atoms with Crippen LogP contribution >= 0.6 is 22.9 Å². The lowest BCUT2D eigenvalue weighted by molar-refractivity contribution is 0.0591. The molecule has 0 saturated carbocycles. The predicted octanol–water partition coefficient (Wildman–Crippen LogP) is 2.88. The maximum absolute atomic E-state index is 12.3. The van der Waals surface area contributed by atoms with Crippen LogP contribution in [0.15, 0.2) is 30.7 Å². The van der Waals surface area contributed by atoms with E-state index in [-0.39, 0.29) is 12.0 Å². The molecule has 0 bridgehead atoms. The molecule has 2 aromatic rings. The van der Waals surface area contributed by atoms with Crippen LogP contribution in [-0.4, -0.2) is 40.0 Å². The maximum Gasteiger partial charge on any atom is 0.263 e. The van der Waals surface area contributed by atoms with Crippen LogP contribution in [0.25, 0.3) is 0 Å². The standard InChI is InChI=1S/C14H14ClN3O2S/c15-12-2-1-11(21-12)14(19)18-7-3-10(4-8-18)20-13-9-16-5-6-17-13/h1-2,5-6,9-10H,3-4,7-8H2. The first-order chi connectivity index (χ1) is 10.2. The maximum atomic E-state index is 12.3. The third-order valence-corrected chi connectivity index (χ3v) is 4.56. The molecular formula is C14H14ClN3O2S. The summed E-state index contributed by atoms with van der Waals surface area (Å²) < 4.78 is 6.40. The van der Waals surface area contributed by atoms with Gasteiger partial charge in [-0.3, -0.25) is 9.78 Å². The first-order valence-electron chi connectivity index (χ1n) is 6.69. The second-order valence-corrected chi connectivity index (χ2v) is 6.47. The minimum Gasteiger partial charge on any atom is -0.473 e. The van der Waals surface area contributed by atoms with Crippen LogP contribution in [0.1, 0.15) is 22.5 Å². The molecule has 0 atom stereocenters. The number of carbonyl (C=O) groups excluding carboxylic acids is 1. The highest BCUT2D eigenvalue weighted by molar-refractivity contribution is 7.17. The zero-order valence-electron chi connectivity index (χ0n) is 11.2. The molecule has 21 heavy (non-hydrogen) atoms. The van der Waals surface area contributed by atoms with E-state index in [2.05, 4.69) is 9.97 Å². The lowest BCUT2D eigenvalue weighted by atomic mass is 10.1. The first-order valence-corrected chi connectivity index (χ1v) is 7.89. The summed E-state index contributed by atoms with van der Waals surface area (Å²) in [5, 5.41) is 0. The third kappa shape index (κ3) is 3.51. The van der Waals surface area contributed by atoms with Gasteiger partial charge in [-0.05, 0) is 12.1 Å². The number of ether oxygens (including phenoxy) is 1. The smallest absolute Gasteiger partial charge is 0.263 e. The molecule has 3 rings (SSSR count). The lowest BCUT2D eigenvalue weighted by Crippen LogP contribution is -2.41. The van der Waals surface area contributed by atoms with Gasteiger partial charge in [-0.2, -0.15) is 0 Å². The van der Waals surface area contributed by atoms with Crippen molar-refractivity contribution >= 4 is 28.8 Å². The second kappa shape index (κ2) is 6.41. The van der Waals surface area contributed by atoms with Crippen molar-refractivity contribution in [3.63, 3.8) is 0 Å². The monoisotopic (exact) mass is 323 g/mol. The number of aromatic nitrogens is 2. The normalized spacial score (nSPS) is 16.0. The minimum atomic E-state index is 0.0462. The van der Waals surface area contributed by atoms with Crippen LogP contribution in [0.2, 0.25) is 4.34 Å². The Bertz CT molecular complexity index is 612. The fourth-order valence-corrected chi connectivity index (χ4v) is 3.29. The molecule has 1 fully saturated rings. The Kier molecular flexibility index (Phi) is 4.36. The molecule has 2 aromatic heterocycles. The largest absolute Gasteiger partial charge is 0.473 e. The SMILES string of the molecule is O=C(c1ccc(Cl)s1)N1CCC(Oc2cnccn2)CC1. The highest BCUT2D eigenvalue weighted by Crippen LogP contribution is 2.24. The molecule has 0 spiro atoms. The Labute approximate surface area is 131 Å². The van der Waals surface area contributed by atoms with Crippen molar-refractivity contribution in [2.45, 2.75) is 18.9 Å². The second-order valence-electron chi connectivity index (χ2n) is 4.76. The van der Waals surface area contributed by atoms with Crippen molar-refractivity contribution in [2.75, 3.05) is 13.1 Å². The fourth-order valence-electron chi connectivity index (χ4n) is 2.28. The van der Waals surface area contributed by atoms with Gasteiger partial charge >= 0.3 is 0 Å². The summed E-state index contributed by atoms with van der Waals surface area (Å²) in [6.07, 6.45) is 6.49. The molecule has 1 saturated heterocycles. The molecule has 0 unspecified atom stereocenters. The van der Waals surface area contributed by atoms with Gasteiger partial charge in [-0.25, -0.2) is 4.98 Å². The molecule has 1 aliphatic heterocycles. The molecule has 0 radical (unpaired) electrons. The number of piperidine rings is 1. The number of likely N-dealkylation sites (tertiary alicyclic amines) is 1. The topological polar surface area (TPSA) is 55.3 Å². The molecule has 0 aliphatic carbocycles. The molecule has 5 nitrogen and oxygen atoms in total. The molecule has 0 aromatic carbocycles. The number of amides is 1. The third-order valence-electron chi connectivity index (χ3n) is 3.34. The van der Waals surface area contributed by atoms with Crippen molar-refractivity contribution < 1.29 is 9.53 Å². The van der Waals surface area contributed by atoms with Crippen molar-refractivity contribution in [1.29, 1.82) is 0 Å². The van der Waals surface area contributed by atoms with Gasteiger partial charge in [0.05, 0.1) is 15.4 Å². The Morgan fingerprint density at radius 3 is 2.76 bits per heavy atom. The molecule has 110 valence electrons. The van der Waals surface area contributed by atoms with Gasteiger partial charge in [-0.15, -0.1) is 11.3 Å². The quantitative estimate of drug-likeness (QED) is 0.871.